The molecule has 0 saturated carbocycles. The first kappa shape index (κ1) is 31.6. The molecule has 33 heavy (non-hydrogen) atoms. The lowest BCUT2D eigenvalue weighted by atomic mass is 9.91. The second-order valence-corrected chi connectivity index (χ2v) is 8.55. The molecule has 0 atom stereocenters. The normalized spacial score (nSPS) is 16.8. The third kappa shape index (κ3) is 4.27. The van der Waals surface area contributed by atoms with E-state index < -0.39 is 71.5 Å². The average Bonchev–Trinajstić information content (AvgIpc) is 2.49. The summed E-state index contributed by atoms with van der Waals surface area (Å²) >= 11 is 0. The van der Waals surface area contributed by atoms with E-state index in [1.165, 1.54) is 0 Å². The first-order chi connectivity index (χ1) is 13.7. The lowest BCUT2D eigenvalue weighted by Crippen LogP contribution is -2.75. The monoisotopic (exact) mass is 581 g/mol. The van der Waals surface area contributed by atoms with Gasteiger partial charge in [0.25, 0.3) is 10.0 Å². The van der Waals surface area contributed by atoms with Crippen LogP contribution >= 0.6 is 0 Å². The molecular weight excluding hydrogens is 580 g/mol. The summed E-state index contributed by atoms with van der Waals surface area (Å²) in [6.45, 7) is 0. The minimum atomic E-state index is -9.07. The van der Waals surface area contributed by atoms with Crippen LogP contribution in [0, 0.1) is 0 Å². The number of hydrogen-bond acceptors (Lipinski definition) is 4. The number of sulfonamides is 1. The van der Waals surface area contributed by atoms with Crippen molar-refractivity contribution < 1.29 is 95.4 Å². The van der Waals surface area contributed by atoms with E-state index in [4.69, 9.17) is 0 Å². The zero-order chi connectivity index (χ0) is 27.7. The topological polar surface area (TPSA) is 80.3 Å². The van der Waals surface area contributed by atoms with E-state index in [1.807, 2.05) is 0 Å². The molecule has 0 aromatic rings. The maximum absolute atomic E-state index is 13.3. The summed E-state index contributed by atoms with van der Waals surface area (Å²) in [6.07, 6.45) is -7.97. The van der Waals surface area contributed by atoms with E-state index in [0.717, 1.165) is 0 Å². The number of alkyl halides is 17. The van der Waals surface area contributed by atoms with Gasteiger partial charge in [-0.1, -0.05) is 8.01 Å². The fourth-order valence-corrected chi connectivity index (χ4v) is 3.43. The molecule has 0 unspecified atom stereocenters. The second kappa shape index (κ2) is 7.55. The van der Waals surface area contributed by atoms with Crippen LogP contribution in [0.5, 0.6) is 0 Å². The zero-order valence-electron chi connectivity index (χ0n) is 13.8. The number of halogens is 18. The van der Waals surface area contributed by atoms with Gasteiger partial charge in [-0.3, -0.25) is 0 Å². The van der Waals surface area contributed by atoms with Gasteiger partial charge >= 0.3 is 57.4 Å². The van der Waals surface area contributed by atoms with Crippen molar-refractivity contribution in [3.63, 3.8) is 0 Å². The Bertz CT molecular complexity index is 964. The van der Waals surface area contributed by atoms with E-state index in [2.05, 4.69) is 0 Å². The smallest absolute Gasteiger partial charge is 0.205 e. The van der Waals surface area contributed by atoms with Crippen LogP contribution in [0.15, 0.2) is 0 Å². The highest BCUT2D eigenvalue weighted by Crippen LogP contribution is 2.64. The summed E-state index contributed by atoms with van der Waals surface area (Å²) in [5, 5.41) is -8.16. The fraction of sp³-hybridized carbons (Fsp3) is 1.00. The molecule has 25 heteroatoms. The average molecular weight is 581 g/mol. The van der Waals surface area contributed by atoms with Crippen molar-refractivity contribution in [1.29, 1.82) is 0 Å². The van der Waals surface area contributed by atoms with Crippen molar-refractivity contribution in [2.45, 2.75) is 47.0 Å². The Labute approximate surface area is 168 Å². The maximum atomic E-state index is 13.3. The van der Waals surface area contributed by atoms with Crippen molar-refractivity contribution in [2.75, 3.05) is 0 Å². The molecule has 0 aliphatic carbocycles. The first-order valence-corrected chi connectivity index (χ1v) is 9.26. The lowest BCUT2D eigenvalue weighted by Gasteiger charge is -2.42. The van der Waals surface area contributed by atoms with Gasteiger partial charge in [0, 0.05) is 0 Å². The Balaban J connectivity index is 7.02. The molecule has 200 valence electrons. The summed E-state index contributed by atoms with van der Waals surface area (Å²) in [6, 6.07) is 0. The van der Waals surface area contributed by atoms with Gasteiger partial charge in [-0.25, -0.2) is 8.42 Å². The van der Waals surface area contributed by atoms with Crippen molar-refractivity contribution in [2.24, 2.45) is 0 Å². The van der Waals surface area contributed by atoms with Crippen LogP contribution in [0.4, 0.5) is 78.5 Å². The van der Waals surface area contributed by atoms with Gasteiger partial charge in [0.15, 0.2) is 0 Å². The van der Waals surface area contributed by atoms with Crippen LogP contribution in [0.25, 0.3) is 0 Å². The summed E-state index contributed by atoms with van der Waals surface area (Å²) in [7, 11) is -15.4. The summed E-state index contributed by atoms with van der Waals surface area (Å²) in [5.41, 5.74) is 0. The molecule has 0 aliphatic heterocycles. The molecule has 0 saturated heterocycles. The Morgan fingerprint density at radius 1 is 0.424 bits per heavy atom. The van der Waals surface area contributed by atoms with Gasteiger partial charge in [0.05, 0.1) is 0 Å². The molecule has 0 spiro atoms. The number of hydrogen-bond donors (Lipinski definition) is 1. The molecule has 0 aliphatic rings. The highest BCUT2D eigenvalue weighted by molar-refractivity contribution is 8.03. The largest absolute Gasteiger partial charge is 0.460 e. The van der Waals surface area contributed by atoms with Crippen molar-refractivity contribution in [3.8, 4) is 0 Å². The molecule has 1 N–H and O–H groups in total. The zero-order valence-corrected chi connectivity index (χ0v) is 15.4. The number of rotatable bonds is 9. The van der Waals surface area contributed by atoms with Crippen LogP contribution in [0.1, 0.15) is 0 Å². The van der Waals surface area contributed by atoms with Crippen LogP contribution in [0.2, 0.25) is 0 Å². The summed E-state index contributed by atoms with van der Waals surface area (Å²) < 4.78 is 271. The molecule has 0 amide bonds. The maximum Gasteiger partial charge on any atom is 0.460 e. The van der Waals surface area contributed by atoms with Gasteiger partial charge in [-0.05, 0) is 0 Å². The molecule has 0 aromatic carbocycles. The molecule has 0 heterocycles. The highest BCUT2D eigenvalue weighted by atomic mass is 32.3. The molecule has 0 radical (unpaired) electrons. The minimum Gasteiger partial charge on any atom is -0.205 e. The third-order valence-electron chi connectivity index (χ3n) is 3.24. The van der Waals surface area contributed by atoms with Crippen LogP contribution in [-0.4, -0.2) is 63.8 Å². The fourth-order valence-electron chi connectivity index (χ4n) is 1.50. The molecular formula is C8HF18NO4S2. The van der Waals surface area contributed by atoms with E-state index in [0.29, 0.717) is 0 Å². The first-order valence-electron chi connectivity index (χ1n) is 6.40. The van der Waals surface area contributed by atoms with E-state index in [9.17, 15) is 95.4 Å². The van der Waals surface area contributed by atoms with E-state index in [-0.39, 0.29) is 0 Å². The Hall–Kier alpha value is -1.40. The Morgan fingerprint density at radius 3 is 0.909 bits per heavy atom. The highest BCUT2D eigenvalue weighted by Gasteiger charge is 2.96. The van der Waals surface area contributed by atoms with Crippen molar-refractivity contribution >= 4 is 20.4 Å². The molecule has 0 aromatic heterocycles. The molecule has 0 rings (SSSR count). The predicted octanol–water partition coefficient (Wildman–Crippen LogP) is 4.09. The van der Waals surface area contributed by atoms with Gasteiger partial charge in [0.1, 0.15) is 0 Å². The Kier molecular flexibility index (Phi) is 7.23. The van der Waals surface area contributed by atoms with E-state index in [1.54, 1.807) is 0 Å². The minimum absolute atomic E-state index is 1.16. The molecule has 0 fully saturated rings. The van der Waals surface area contributed by atoms with Crippen LogP contribution in [0.3, 0.4) is 0 Å². The summed E-state index contributed by atoms with van der Waals surface area (Å²) in [5.74, 6) is -53.0. The van der Waals surface area contributed by atoms with Crippen molar-refractivity contribution in [3.05, 3.63) is 0 Å². The number of nitrogens with one attached hydrogen (secondary N) is 1. The van der Waals surface area contributed by atoms with E-state index >= 15 is 0 Å². The van der Waals surface area contributed by atoms with Crippen molar-refractivity contribution in [1.82, 2.24) is 4.13 Å². The lowest BCUT2D eigenvalue weighted by molar-refractivity contribution is -0.458. The second-order valence-electron chi connectivity index (χ2n) is 5.49. The van der Waals surface area contributed by atoms with Crippen LogP contribution in [-0.2, 0) is 20.4 Å². The standard InChI is InChI=1S/C8HF18NO4S2/c9-1(10,3(13,14)5(17,18)7(21,22)23)2(11,12)4(15,16)6(19,20)8(24,25)32(28,29)27-33(26,30)31/h27H. The van der Waals surface area contributed by atoms with Gasteiger partial charge in [-0.2, -0.15) is 83.1 Å². The summed E-state index contributed by atoms with van der Waals surface area (Å²) in [4.78, 5) is 0. The predicted molar refractivity (Wildman–Crippen MR) is 62.8 cm³/mol. The third-order valence-corrected chi connectivity index (χ3v) is 5.85. The van der Waals surface area contributed by atoms with Gasteiger partial charge in [0.2, 0.25) is 0 Å². The molecule has 5 nitrogen and oxygen atoms in total. The quantitative estimate of drug-likeness (QED) is 0.329. The Morgan fingerprint density at radius 2 is 0.667 bits per heavy atom. The molecule has 0 bridgehead atoms. The van der Waals surface area contributed by atoms with Gasteiger partial charge < -0.3 is 0 Å². The van der Waals surface area contributed by atoms with Crippen LogP contribution < -0.4 is 4.13 Å². The SMILES string of the molecule is O=S(=O)(F)NS(=O)(=O)C(F)(F)C(F)(F)C(F)(F)C(F)(F)C(F)(F)C(F)(F)C(F)(F)C(F)(F)F. The van der Waals surface area contributed by atoms with Gasteiger partial charge in [-0.15, -0.1) is 0 Å².